The normalized spacial score (nSPS) is 17.2. The van der Waals surface area contributed by atoms with Crippen molar-refractivity contribution in [3.05, 3.63) is 76.4 Å². The monoisotopic (exact) mass is 890 g/mol. The molecule has 1 unspecified atom stereocenters. The lowest BCUT2D eigenvalue weighted by Gasteiger charge is -2.27. The van der Waals surface area contributed by atoms with E-state index in [4.69, 9.17) is 15.2 Å². The molecule has 2 atom stereocenters. The van der Waals surface area contributed by atoms with Crippen molar-refractivity contribution >= 4 is 57.6 Å². The lowest BCUT2D eigenvalue weighted by atomic mass is 10.0. The number of imide groups is 2. The first-order chi connectivity index (χ1) is 30.4. The molecule has 15 nitrogen and oxygen atoms in total. The maximum atomic E-state index is 14.8. The largest absolute Gasteiger partial charge is 0.493 e. The zero-order valence-corrected chi connectivity index (χ0v) is 35.9. The molecule has 340 valence electrons. The van der Waals surface area contributed by atoms with Gasteiger partial charge in [0.15, 0.2) is 11.5 Å². The number of benzene rings is 3. The average molecular weight is 891 g/mol. The van der Waals surface area contributed by atoms with Crippen LogP contribution >= 0.6 is 0 Å². The number of methoxy groups -OCH3 is 1. The number of aryl methyl sites for hydroxylation is 1. The van der Waals surface area contributed by atoms with Crippen molar-refractivity contribution in [2.45, 2.75) is 89.9 Å². The lowest BCUT2D eigenvalue weighted by molar-refractivity contribution is -0.138. The molecular formula is C45H50F4N8O7. The summed E-state index contributed by atoms with van der Waals surface area (Å²) in [5.41, 5.74) is 5.33. The molecule has 2 fully saturated rings. The number of amides is 5. The second-order valence-corrected chi connectivity index (χ2v) is 16.8. The number of rotatable bonds is 18. The number of unbranched alkanes of at least 4 members (excludes halogenated alkanes) is 3. The Morgan fingerprint density at radius 2 is 1.75 bits per heavy atom. The topological polar surface area (TPSA) is 198 Å². The van der Waals surface area contributed by atoms with Crippen LogP contribution in [0.25, 0.3) is 10.9 Å². The van der Waals surface area contributed by atoms with Crippen LogP contribution in [0.3, 0.4) is 0 Å². The van der Waals surface area contributed by atoms with Crippen molar-refractivity contribution in [1.29, 1.82) is 0 Å². The molecule has 1 aromatic heterocycles. The molecule has 1 aliphatic carbocycles. The van der Waals surface area contributed by atoms with Crippen molar-refractivity contribution in [1.82, 2.24) is 25.1 Å². The molecule has 3 heterocycles. The fraction of sp³-hybridized carbons (Fsp3) is 0.444. The second-order valence-electron chi connectivity index (χ2n) is 16.8. The molecule has 1 saturated carbocycles. The van der Waals surface area contributed by atoms with E-state index in [0.29, 0.717) is 78.6 Å². The fourth-order valence-corrected chi connectivity index (χ4v) is 8.23. The van der Waals surface area contributed by atoms with Crippen LogP contribution in [0.4, 0.5) is 34.8 Å². The van der Waals surface area contributed by atoms with Crippen LogP contribution in [-0.2, 0) is 20.6 Å². The van der Waals surface area contributed by atoms with Gasteiger partial charge in [0.1, 0.15) is 23.5 Å². The minimum Gasteiger partial charge on any atom is -0.493 e. The molecule has 5 amide bonds. The van der Waals surface area contributed by atoms with Gasteiger partial charge in [0.25, 0.3) is 11.8 Å². The zero-order valence-electron chi connectivity index (χ0n) is 35.9. The molecule has 64 heavy (non-hydrogen) atoms. The van der Waals surface area contributed by atoms with Gasteiger partial charge in [-0.15, -0.1) is 0 Å². The van der Waals surface area contributed by atoms with Gasteiger partial charge in [0, 0.05) is 61.2 Å². The summed E-state index contributed by atoms with van der Waals surface area (Å²) in [6.07, 6.45) is 0.243. The SMILES string of the molecule is COc1cc2nc(C)nc(N[C@H](C)c3cc(N)cc(C(F)(F)F)c3)c2cc1OCC1(CN(C)C(=O)CCCCCCNc2ccc(F)c3c2C(=O)N(C2CCC(=O)NC2=O)C3=O)CC1. The molecule has 3 aromatic carbocycles. The molecule has 4 aromatic rings. The number of piperidine rings is 1. The van der Waals surface area contributed by atoms with Gasteiger partial charge >= 0.3 is 6.18 Å². The third-order valence-electron chi connectivity index (χ3n) is 11.9. The number of fused-ring (bicyclic) bond motifs is 2. The molecule has 19 heteroatoms. The van der Waals surface area contributed by atoms with Crippen LogP contribution in [0.5, 0.6) is 11.5 Å². The average Bonchev–Trinajstić information content (AvgIpc) is 3.95. The first kappa shape index (κ1) is 45.5. The highest BCUT2D eigenvalue weighted by molar-refractivity contribution is 6.25. The Kier molecular flexibility index (Phi) is 13.0. The summed E-state index contributed by atoms with van der Waals surface area (Å²) >= 11 is 0. The molecule has 0 spiro atoms. The Morgan fingerprint density at radius 3 is 2.45 bits per heavy atom. The summed E-state index contributed by atoms with van der Waals surface area (Å²) in [6, 6.07) is 7.58. The summed E-state index contributed by atoms with van der Waals surface area (Å²) in [7, 11) is 3.29. The number of alkyl halides is 3. The van der Waals surface area contributed by atoms with E-state index >= 15 is 0 Å². The Morgan fingerprint density at radius 1 is 1.02 bits per heavy atom. The molecule has 1 saturated heterocycles. The second kappa shape index (κ2) is 18.3. The van der Waals surface area contributed by atoms with E-state index in [-0.39, 0.29) is 41.1 Å². The predicted molar refractivity (Wildman–Crippen MR) is 228 cm³/mol. The summed E-state index contributed by atoms with van der Waals surface area (Å²) in [4.78, 5) is 75.2. The number of nitrogens with one attached hydrogen (secondary N) is 3. The fourth-order valence-electron chi connectivity index (χ4n) is 8.23. The van der Waals surface area contributed by atoms with Gasteiger partial charge in [0.05, 0.1) is 42.0 Å². The first-order valence-electron chi connectivity index (χ1n) is 21.1. The van der Waals surface area contributed by atoms with Crippen LogP contribution in [0.1, 0.15) is 108 Å². The van der Waals surface area contributed by atoms with Gasteiger partial charge in [-0.05, 0) is 87.9 Å². The number of anilines is 3. The highest BCUT2D eigenvalue weighted by atomic mass is 19.4. The Labute approximate surface area is 366 Å². The van der Waals surface area contributed by atoms with Crippen molar-refractivity contribution in [2.24, 2.45) is 5.41 Å². The van der Waals surface area contributed by atoms with Crippen molar-refractivity contribution in [3.8, 4) is 11.5 Å². The van der Waals surface area contributed by atoms with E-state index in [1.807, 2.05) is 0 Å². The van der Waals surface area contributed by atoms with Crippen molar-refractivity contribution in [2.75, 3.05) is 50.2 Å². The van der Waals surface area contributed by atoms with E-state index in [0.717, 1.165) is 48.8 Å². The van der Waals surface area contributed by atoms with Gasteiger partial charge in [0.2, 0.25) is 17.7 Å². The van der Waals surface area contributed by atoms with Gasteiger partial charge in [-0.2, -0.15) is 13.2 Å². The molecule has 3 aliphatic rings. The summed E-state index contributed by atoms with van der Waals surface area (Å²) in [6.45, 7) is 4.63. The Bertz CT molecular complexity index is 2510. The predicted octanol–water partition coefficient (Wildman–Crippen LogP) is 6.94. The number of aromatic nitrogens is 2. The highest BCUT2D eigenvalue weighted by Gasteiger charge is 2.47. The van der Waals surface area contributed by atoms with Gasteiger partial charge in [-0.25, -0.2) is 14.4 Å². The smallest absolute Gasteiger partial charge is 0.416 e. The Balaban J connectivity index is 0.888. The van der Waals surface area contributed by atoms with Gasteiger partial charge < -0.3 is 30.7 Å². The van der Waals surface area contributed by atoms with Crippen molar-refractivity contribution < 1.29 is 51.0 Å². The zero-order chi connectivity index (χ0) is 46.1. The lowest BCUT2D eigenvalue weighted by Crippen LogP contribution is -2.54. The minimum absolute atomic E-state index is 0.00168. The summed E-state index contributed by atoms with van der Waals surface area (Å²) in [5.74, 6) is -2.16. The maximum absolute atomic E-state index is 14.8. The summed E-state index contributed by atoms with van der Waals surface area (Å²) < 4.78 is 67.5. The van der Waals surface area contributed by atoms with E-state index < -0.39 is 58.8 Å². The number of carbonyl (C=O) groups is 5. The maximum Gasteiger partial charge on any atom is 0.416 e. The molecular weight excluding hydrogens is 841 g/mol. The van der Waals surface area contributed by atoms with Crippen molar-refractivity contribution in [3.63, 3.8) is 0 Å². The van der Waals surface area contributed by atoms with E-state index in [1.54, 1.807) is 37.9 Å². The number of halogens is 4. The first-order valence-corrected chi connectivity index (χ1v) is 21.1. The van der Waals surface area contributed by atoms with Gasteiger partial charge in [-0.3, -0.25) is 34.2 Å². The Hall–Kier alpha value is -6.53. The number of hydrogen-bond donors (Lipinski definition) is 4. The van der Waals surface area contributed by atoms with Crippen LogP contribution in [0, 0.1) is 18.2 Å². The number of nitrogens with two attached hydrogens (primary N) is 1. The summed E-state index contributed by atoms with van der Waals surface area (Å²) in [5, 5.41) is 9.05. The quantitative estimate of drug-likeness (QED) is 0.0348. The van der Waals surface area contributed by atoms with Crippen LogP contribution < -0.4 is 31.2 Å². The van der Waals surface area contributed by atoms with E-state index in [2.05, 4.69) is 25.9 Å². The molecule has 0 bridgehead atoms. The third-order valence-corrected chi connectivity index (χ3v) is 11.9. The third kappa shape index (κ3) is 9.82. The van der Waals surface area contributed by atoms with E-state index in [9.17, 15) is 41.5 Å². The van der Waals surface area contributed by atoms with E-state index in [1.165, 1.54) is 19.2 Å². The molecule has 5 N–H and O–H groups in total. The number of hydrogen-bond acceptors (Lipinski definition) is 12. The highest BCUT2D eigenvalue weighted by Crippen LogP contribution is 2.47. The molecule has 2 aliphatic heterocycles. The minimum atomic E-state index is -4.56. The number of ether oxygens (including phenoxy) is 2. The molecule has 0 radical (unpaired) electrons. The number of carbonyl (C=O) groups excluding carboxylic acids is 5. The van der Waals surface area contributed by atoms with Crippen LogP contribution in [0.15, 0.2) is 42.5 Å². The number of nitrogen functional groups attached to an aromatic ring is 1. The van der Waals surface area contributed by atoms with Crippen LogP contribution in [0.2, 0.25) is 0 Å². The molecule has 7 rings (SSSR count). The van der Waals surface area contributed by atoms with Crippen LogP contribution in [-0.4, -0.2) is 89.2 Å². The van der Waals surface area contributed by atoms with Gasteiger partial charge in [-0.1, -0.05) is 12.8 Å². The standard InChI is InChI=1S/C45H50F4N8O7/c1-24(26-17-27(45(47,48)49)19-28(50)18-26)52-40-29-20-35(34(63-4)21-32(29)53-25(2)54-40)64-23-44(14-15-44)22-56(3)37(59)9-7-5-6-8-16-51-31-11-10-30(46)38-39(31)43(62)57(42(38)61)33-12-13-36(58)55-41(33)60/h10-11,17-21,24,33,51H,5-9,12-16,22-23,50H2,1-4H3,(H,52,53,54)(H,55,58,60)/t24-,33?/m1/s1. The number of nitrogens with zero attached hydrogens (tertiary/aromatic N) is 4.